The van der Waals surface area contributed by atoms with Gasteiger partial charge in [-0.15, -0.1) is 0 Å². The highest BCUT2D eigenvalue weighted by atomic mass is 16.5. The molecule has 316 valence electrons. The molecule has 57 heavy (non-hydrogen) atoms. The normalized spacial score (nSPS) is 17.3. The highest BCUT2D eigenvalue weighted by Gasteiger charge is 2.24. The van der Waals surface area contributed by atoms with E-state index in [-0.39, 0.29) is 22.2 Å². The molecule has 3 aliphatic heterocycles. The van der Waals surface area contributed by atoms with Crippen molar-refractivity contribution in [2.75, 3.05) is 122 Å². The van der Waals surface area contributed by atoms with Gasteiger partial charge in [0.2, 0.25) is 5.91 Å². The third-order valence-corrected chi connectivity index (χ3v) is 11.5. The fraction of sp³-hybridized carbons (Fsp3) is 0.604. The summed E-state index contributed by atoms with van der Waals surface area (Å²) in [5.74, 6) is 2.10. The lowest BCUT2D eigenvalue weighted by Gasteiger charge is -2.36. The number of likely N-dealkylation sites (N-methyl/N-ethyl adjacent to an activating group) is 2. The van der Waals surface area contributed by atoms with Gasteiger partial charge in [-0.3, -0.25) is 4.79 Å². The number of benzene rings is 3. The molecule has 0 aromatic heterocycles. The molecule has 1 amide bonds. The van der Waals surface area contributed by atoms with E-state index in [1.807, 2.05) is 4.90 Å². The molecular weight excluding hydrogens is 709 g/mol. The van der Waals surface area contributed by atoms with Gasteiger partial charge in [0.25, 0.3) is 0 Å². The number of carbonyl (C=O) groups is 1. The second-order valence-electron chi connectivity index (χ2n) is 19.1. The van der Waals surface area contributed by atoms with Gasteiger partial charge in [-0.1, -0.05) is 86.6 Å². The number of ether oxygens (including phenoxy) is 2. The van der Waals surface area contributed by atoms with Crippen LogP contribution in [-0.2, 0) is 21.0 Å². The summed E-state index contributed by atoms with van der Waals surface area (Å²) in [7, 11) is 7.86. The zero-order chi connectivity index (χ0) is 42.1. The Morgan fingerprint density at radius 1 is 0.474 bits per heavy atom. The topological polar surface area (TPSA) is 55.0 Å². The Balaban J connectivity index is 0.000000190. The van der Waals surface area contributed by atoms with E-state index in [2.05, 4.69) is 162 Å². The Morgan fingerprint density at radius 3 is 1.12 bits per heavy atom. The van der Waals surface area contributed by atoms with Crippen LogP contribution < -0.4 is 24.2 Å². The van der Waals surface area contributed by atoms with Crippen LogP contribution in [0.2, 0.25) is 0 Å². The van der Waals surface area contributed by atoms with Crippen LogP contribution in [-0.4, -0.2) is 127 Å². The number of hydrogen-bond donors (Lipinski definition) is 0. The van der Waals surface area contributed by atoms with Crippen LogP contribution in [0.5, 0.6) is 11.5 Å². The van der Waals surface area contributed by atoms with Crippen molar-refractivity contribution in [1.29, 1.82) is 0 Å². The molecule has 9 heteroatoms. The number of amides is 1. The van der Waals surface area contributed by atoms with E-state index in [0.717, 1.165) is 76.9 Å². The molecule has 3 saturated heterocycles. The average molecular weight is 785 g/mol. The standard InChI is InChI=1S/C17H26N2O2.C16H26N2O.C15H24N2/c1-13(20)18-8-10-19(11-9-18)14-6-7-15(17(2,3)4)16(12-14)21-5;1-16(2,3)14-7-6-13(12-15(14)19-5)18-10-8-17(4)9-11-18;1-15(2,3)13-5-7-14(8-6-13)17-11-9-16(4)10-12-17/h6-7,12H,8-11H2,1-5H3;6-7,12H,8-11H2,1-5H3;5-8H,9-12H2,1-4H3. The van der Waals surface area contributed by atoms with Gasteiger partial charge in [0.05, 0.1) is 14.2 Å². The Bertz CT molecular complexity index is 1700. The van der Waals surface area contributed by atoms with Gasteiger partial charge in [0.15, 0.2) is 0 Å². The summed E-state index contributed by atoms with van der Waals surface area (Å²) in [6, 6.07) is 22.1. The first-order chi connectivity index (χ1) is 26.7. The number of anilines is 3. The van der Waals surface area contributed by atoms with Gasteiger partial charge >= 0.3 is 0 Å². The minimum atomic E-state index is 0.0667. The van der Waals surface area contributed by atoms with Crippen molar-refractivity contribution in [2.45, 2.75) is 85.5 Å². The molecule has 3 heterocycles. The monoisotopic (exact) mass is 785 g/mol. The van der Waals surface area contributed by atoms with Crippen LogP contribution >= 0.6 is 0 Å². The van der Waals surface area contributed by atoms with Crippen molar-refractivity contribution in [3.8, 4) is 11.5 Å². The van der Waals surface area contributed by atoms with Crippen molar-refractivity contribution in [2.24, 2.45) is 0 Å². The largest absolute Gasteiger partial charge is 0.496 e. The van der Waals surface area contributed by atoms with E-state index in [1.165, 1.54) is 46.8 Å². The van der Waals surface area contributed by atoms with Gasteiger partial charge < -0.3 is 38.9 Å². The van der Waals surface area contributed by atoms with E-state index in [4.69, 9.17) is 9.47 Å². The number of hydrogen-bond acceptors (Lipinski definition) is 8. The molecule has 3 aromatic rings. The van der Waals surface area contributed by atoms with Crippen molar-refractivity contribution < 1.29 is 14.3 Å². The van der Waals surface area contributed by atoms with E-state index >= 15 is 0 Å². The zero-order valence-electron chi connectivity index (χ0n) is 38.2. The van der Waals surface area contributed by atoms with Gasteiger partial charge in [0, 0.05) is 115 Å². The highest BCUT2D eigenvalue weighted by molar-refractivity contribution is 5.73. The Morgan fingerprint density at radius 2 is 0.807 bits per heavy atom. The smallest absolute Gasteiger partial charge is 0.219 e. The summed E-state index contributed by atoms with van der Waals surface area (Å²) in [4.78, 5) is 25.3. The maximum Gasteiger partial charge on any atom is 0.219 e. The molecule has 0 spiro atoms. The molecule has 0 bridgehead atoms. The zero-order valence-corrected chi connectivity index (χ0v) is 38.2. The van der Waals surface area contributed by atoms with E-state index in [9.17, 15) is 4.79 Å². The summed E-state index contributed by atoms with van der Waals surface area (Å²) < 4.78 is 11.2. The van der Waals surface area contributed by atoms with E-state index < -0.39 is 0 Å². The van der Waals surface area contributed by atoms with Crippen molar-refractivity contribution in [3.63, 3.8) is 0 Å². The van der Waals surface area contributed by atoms with Crippen LogP contribution in [0.25, 0.3) is 0 Å². The Hall–Kier alpha value is -3.95. The minimum Gasteiger partial charge on any atom is -0.496 e. The SMILES string of the molecule is CN1CCN(c2ccc(C(C)(C)C)cc2)CC1.COc1cc(N2CCN(C(C)=O)CC2)ccc1C(C)(C)C.COc1cc(N2CCN(C)CC2)ccc1C(C)(C)C. The van der Waals surface area contributed by atoms with Crippen molar-refractivity contribution in [1.82, 2.24) is 14.7 Å². The molecule has 0 aliphatic carbocycles. The van der Waals surface area contributed by atoms with Crippen LogP contribution in [0.3, 0.4) is 0 Å². The Labute approximate surface area is 346 Å². The molecule has 3 aromatic carbocycles. The molecule has 0 saturated carbocycles. The predicted molar refractivity (Wildman–Crippen MR) is 242 cm³/mol. The third-order valence-electron chi connectivity index (χ3n) is 11.5. The number of rotatable bonds is 5. The van der Waals surface area contributed by atoms with Gasteiger partial charge in [-0.2, -0.15) is 0 Å². The van der Waals surface area contributed by atoms with Crippen molar-refractivity contribution in [3.05, 3.63) is 77.4 Å². The second-order valence-corrected chi connectivity index (χ2v) is 19.1. The summed E-state index contributed by atoms with van der Waals surface area (Å²) in [6.07, 6.45) is 0. The maximum absolute atomic E-state index is 11.4. The summed E-state index contributed by atoms with van der Waals surface area (Å²) in [6.45, 7) is 34.1. The van der Waals surface area contributed by atoms with Crippen LogP contribution in [0.15, 0.2) is 60.7 Å². The van der Waals surface area contributed by atoms with Gasteiger partial charge in [-0.25, -0.2) is 0 Å². The van der Waals surface area contributed by atoms with Crippen LogP contribution in [0, 0.1) is 0 Å². The molecule has 0 atom stereocenters. The number of piperazine rings is 3. The number of methoxy groups -OCH3 is 2. The average Bonchev–Trinajstić information content (AvgIpc) is 3.17. The predicted octanol–water partition coefficient (Wildman–Crippen LogP) is 8.14. The molecule has 0 unspecified atom stereocenters. The first-order valence-electron chi connectivity index (χ1n) is 21.1. The minimum absolute atomic E-state index is 0.0667. The van der Waals surface area contributed by atoms with E-state index in [1.54, 1.807) is 21.1 Å². The lowest BCUT2D eigenvalue weighted by atomic mass is 9.86. The molecule has 6 rings (SSSR count). The molecule has 9 nitrogen and oxygen atoms in total. The quantitative estimate of drug-likeness (QED) is 0.257. The fourth-order valence-corrected chi connectivity index (χ4v) is 7.57. The highest BCUT2D eigenvalue weighted by Crippen LogP contribution is 2.36. The van der Waals surface area contributed by atoms with E-state index in [0.29, 0.717) is 0 Å². The molecular formula is C48H76N6O3. The second kappa shape index (κ2) is 19.7. The number of nitrogens with zero attached hydrogens (tertiary/aromatic N) is 6. The molecule has 3 aliphatic rings. The number of carbonyl (C=O) groups excluding carboxylic acids is 1. The van der Waals surface area contributed by atoms with Gasteiger partial charge in [-0.05, 0) is 71.3 Å². The third kappa shape index (κ3) is 13.0. The molecule has 0 radical (unpaired) electrons. The summed E-state index contributed by atoms with van der Waals surface area (Å²) >= 11 is 0. The van der Waals surface area contributed by atoms with Crippen molar-refractivity contribution >= 4 is 23.0 Å². The lowest BCUT2D eigenvalue weighted by molar-refractivity contribution is -0.129. The summed E-state index contributed by atoms with van der Waals surface area (Å²) in [5.41, 5.74) is 8.15. The van der Waals surface area contributed by atoms with Crippen LogP contribution in [0.1, 0.15) is 85.9 Å². The Kier molecular flexibility index (Phi) is 15.8. The maximum atomic E-state index is 11.4. The van der Waals surface area contributed by atoms with Crippen LogP contribution in [0.4, 0.5) is 17.1 Å². The summed E-state index contributed by atoms with van der Waals surface area (Å²) in [5, 5.41) is 0. The lowest BCUT2D eigenvalue weighted by Crippen LogP contribution is -2.48. The first kappa shape index (κ1) is 45.7. The first-order valence-corrected chi connectivity index (χ1v) is 21.1. The van der Waals surface area contributed by atoms with Gasteiger partial charge in [0.1, 0.15) is 11.5 Å². The molecule has 0 N–H and O–H groups in total. The fourth-order valence-electron chi connectivity index (χ4n) is 7.57. The molecule has 3 fully saturated rings.